The minimum Gasteiger partial charge on any atom is -0.388 e. The van der Waals surface area contributed by atoms with Gasteiger partial charge >= 0.3 is 0 Å². The minimum absolute atomic E-state index is 0.212. The second-order valence-electron chi connectivity index (χ2n) is 3.28. The maximum atomic E-state index is 9.72. The lowest BCUT2D eigenvalue weighted by Gasteiger charge is -2.45. The normalized spacial score (nSPS) is 41.6. The van der Waals surface area contributed by atoms with Crippen LogP contribution in [0.2, 0.25) is 0 Å². The average molecular weight is 139 g/mol. The summed E-state index contributed by atoms with van der Waals surface area (Å²) in [5, 5.41) is 18.3. The molecule has 0 heterocycles. The van der Waals surface area contributed by atoms with Crippen molar-refractivity contribution in [2.24, 2.45) is 11.8 Å². The van der Waals surface area contributed by atoms with Crippen LogP contribution < -0.4 is 0 Å². The fraction of sp³-hybridized carbons (Fsp3) is 0.875. The summed E-state index contributed by atoms with van der Waals surface area (Å²) in [5.74, 6) is 0.0957. The van der Waals surface area contributed by atoms with Crippen molar-refractivity contribution in [2.75, 3.05) is 0 Å². The van der Waals surface area contributed by atoms with Crippen LogP contribution in [0.4, 0.5) is 0 Å². The summed E-state index contributed by atoms with van der Waals surface area (Å²) in [7, 11) is 0. The van der Waals surface area contributed by atoms with E-state index in [1.54, 1.807) is 6.92 Å². The summed E-state index contributed by atoms with van der Waals surface area (Å²) < 4.78 is 0. The van der Waals surface area contributed by atoms with Gasteiger partial charge in [0.2, 0.25) is 0 Å². The molecule has 1 saturated carbocycles. The molecule has 0 aromatic heterocycles. The Hall–Kier alpha value is -0.550. The van der Waals surface area contributed by atoms with Crippen LogP contribution in [0, 0.1) is 23.2 Å². The van der Waals surface area contributed by atoms with E-state index in [-0.39, 0.29) is 5.92 Å². The van der Waals surface area contributed by atoms with Gasteiger partial charge in [-0.3, -0.25) is 0 Å². The Morgan fingerprint density at radius 3 is 2.50 bits per heavy atom. The predicted molar refractivity (Wildman–Crippen MR) is 38.1 cm³/mol. The van der Waals surface area contributed by atoms with Crippen molar-refractivity contribution in [1.82, 2.24) is 0 Å². The zero-order valence-corrected chi connectivity index (χ0v) is 6.46. The second kappa shape index (κ2) is 2.25. The van der Waals surface area contributed by atoms with Crippen molar-refractivity contribution < 1.29 is 5.11 Å². The first kappa shape index (κ1) is 7.56. The van der Waals surface area contributed by atoms with E-state index in [2.05, 4.69) is 6.07 Å². The molecule has 0 spiro atoms. The van der Waals surface area contributed by atoms with Crippen molar-refractivity contribution >= 4 is 0 Å². The molecule has 2 heteroatoms. The molecule has 0 amide bonds. The maximum Gasteiger partial charge on any atom is 0.0828 e. The molecule has 0 radical (unpaired) electrons. The quantitative estimate of drug-likeness (QED) is 0.595. The van der Waals surface area contributed by atoms with E-state index in [1.807, 2.05) is 6.92 Å². The van der Waals surface area contributed by atoms with E-state index < -0.39 is 5.60 Å². The number of rotatable bonds is 1. The Labute approximate surface area is 61.5 Å². The van der Waals surface area contributed by atoms with Gasteiger partial charge in [-0.1, -0.05) is 6.92 Å². The van der Waals surface area contributed by atoms with Gasteiger partial charge in [-0.15, -0.1) is 0 Å². The molecule has 3 unspecified atom stereocenters. The van der Waals surface area contributed by atoms with E-state index in [0.29, 0.717) is 5.92 Å². The first-order chi connectivity index (χ1) is 4.61. The van der Waals surface area contributed by atoms with E-state index in [1.165, 1.54) is 0 Å². The predicted octanol–water partition coefficient (Wildman–Crippen LogP) is 1.31. The van der Waals surface area contributed by atoms with Gasteiger partial charge < -0.3 is 5.11 Å². The Kier molecular flexibility index (Phi) is 1.70. The van der Waals surface area contributed by atoms with Gasteiger partial charge in [-0.05, 0) is 25.7 Å². The van der Waals surface area contributed by atoms with Crippen LogP contribution in [0.5, 0.6) is 0 Å². The number of hydrogen-bond donors (Lipinski definition) is 1. The Bertz CT molecular complexity index is 173. The number of nitriles is 1. The Morgan fingerprint density at radius 2 is 2.40 bits per heavy atom. The van der Waals surface area contributed by atoms with Crippen molar-refractivity contribution in [3.05, 3.63) is 0 Å². The van der Waals surface area contributed by atoms with Gasteiger partial charge in [-0.25, -0.2) is 0 Å². The molecule has 0 aromatic carbocycles. The molecule has 3 atom stereocenters. The first-order valence-corrected chi connectivity index (χ1v) is 3.73. The monoisotopic (exact) mass is 139 g/mol. The highest BCUT2D eigenvalue weighted by Gasteiger charge is 2.46. The lowest BCUT2D eigenvalue weighted by atomic mass is 9.64. The highest BCUT2D eigenvalue weighted by atomic mass is 16.3. The topological polar surface area (TPSA) is 44.0 Å². The molecule has 0 bridgehead atoms. The molecule has 1 N–H and O–H groups in total. The third kappa shape index (κ3) is 0.819. The molecule has 1 rings (SSSR count). The van der Waals surface area contributed by atoms with Gasteiger partial charge in [0.05, 0.1) is 17.6 Å². The fourth-order valence-electron chi connectivity index (χ4n) is 1.48. The Morgan fingerprint density at radius 1 is 1.80 bits per heavy atom. The minimum atomic E-state index is -0.672. The van der Waals surface area contributed by atoms with E-state index >= 15 is 0 Å². The number of nitrogens with zero attached hydrogens (tertiary/aromatic N) is 1. The molecule has 10 heavy (non-hydrogen) atoms. The fourth-order valence-corrected chi connectivity index (χ4v) is 1.48. The summed E-state index contributed by atoms with van der Waals surface area (Å²) >= 11 is 0. The summed E-state index contributed by atoms with van der Waals surface area (Å²) in [4.78, 5) is 0. The molecule has 0 saturated heterocycles. The van der Waals surface area contributed by atoms with Gasteiger partial charge in [0, 0.05) is 0 Å². The molecule has 0 aromatic rings. The average Bonchev–Trinajstić information content (AvgIpc) is 1.98. The molecule has 56 valence electrons. The van der Waals surface area contributed by atoms with Crippen LogP contribution in [-0.4, -0.2) is 10.7 Å². The summed E-state index contributed by atoms with van der Waals surface area (Å²) in [6.45, 7) is 3.78. The van der Waals surface area contributed by atoms with Gasteiger partial charge in [0.1, 0.15) is 0 Å². The summed E-state index contributed by atoms with van der Waals surface area (Å²) in [6.07, 6.45) is 1.85. The number of hydrogen-bond acceptors (Lipinski definition) is 2. The van der Waals surface area contributed by atoms with Crippen LogP contribution >= 0.6 is 0 Å². The van der Waals surface area contributed by atoms with Crippen molar-refractivity contribution in [3.63, 3.8) is 0 Å². The van der Waals surface area contributed by atoms with Gasteiger partial charge in [0.15, 0.2) is 0 Å². The molecule has 2 nitrogen and oxygen atoms in total. The molecule has 1 fully saturated rings. The Balaban J connectivity index is 2.62. The van der Waals surface area contributed by atoms with Crippen LogP contribution in [0.3, 0.4) is 0 Å². The third-order valence-electron chi connectivity index (χ3n) is 2.77. The van der Waals surface area contributed by atoms with Crippen molar-refractivity contribution in [1.29, 1.82) is 5.26 Å². The largest absolute Gasteiger partial charge is 0.388 e. The van der Waals surface area contributed by atoms with Crippen LogP contribution in [0.15, 0.2) is 0 Å². The molecule has 1 aliphatic carbocycles. The highest BCUT2D eigenvalue weighted by Crippen LogP contribution is 2.43. The molecular formula is C8H13NO. The molecular weight excluding hydrogens is 126 g/mol. The molecule has 0 aliphatic heterocycles. The smallest absolute Gasteiger partial charge is 0.0828 e. The SMILES string of the molecule is CC(C#N)C1(O)CCC1C. The van der Waals surface area contributed by atoms with E-state index in [4.69, 9.17) is 5.26 Å². The van der Waals surface area contributed by atoms with Crippen LogP contribution in [0.1, 0.15) is 26.7 Å². The molecule has 1 aliphatic rings. The third-order valence-corrected chi connectivity index (χ3v) is 2.77. The van der Waals surface area contributed by atoms with Crippen molar-refractivity contribution in [2.45, 2.75) is 32.3 Å². The lowest BCUT2D eigenvalue weighted by molar-refractivity contribution is -0.111. The zero-order valence-electron chi connectivity index (χ0n) is 6.46. The van der Waals surface area contributed by atoms with Crippen molar-refractivity contribution in [3.8, 4) is 6.07 Å². The van der Waals surface area contributed by atoms with Gasteiger partial charge in [-0.2, -0.15) is 5.26 Å². The maximum absolute atomic E-state index is 9.72. The first-order valence-electron chi connectivity index (χ1n) is 3.73. The van der Waals surface area contributed by atoms with Crippen LogP contribution in [-0.2, 0) is 0 Å². The van der Waals surface area contributed by atoms with Crippen LogP contribution in [0.25, 0.3) is 0 Å². The summed E-state index contributed by atoms with van der Waals surface area (Å²) in [5.41, 5.74) is -0.672. The van der Waals surface area contributed by atoms with E-state index in [9.17, 15) is 5.11 Å². The second-order valence-corrected chi connectivity index (χ2v) is 3.28. The zero-order chi connectivity index (χ0) is 7.78. The van der Waals surface area contributed by atoms with Gasteiger partial charge in [0.25, 0.3) is 0 Å². The summed E-state index contributed by atoms with van der Waals surface area (Å²) in [6, 6.07) is 2.09. The number of aliphatic hydroxyl groups is 1. The van der Waals surface area contributed by atoms with E-state index in [0.717, 1.165) is 12.8 Å². The lowest BCUT2D eigenvalue weighted by Crippen LogP contribution is -2.50. The highest BCUT2D eigenvalue weighted by molar-refractivity contribution is 5.04. The standard InChI is InChI=1S/C8H13NO/c1-6-3-4-8(6,10)7(2)5-9/h6-7,10H,3-4H2,1-2H3.